The molecule has 0 fully saturated rings. The Morgan fingerprint density at radius 1 is 1.12 bits per heavy atom. The van der Waals surface area contributed by atoms with Gasteiger partial charge in [-0.05, 0) is 61.5 Å². The highest BCUT2D eigenvalue weighted by atomic mass is 32.2. The lowest BCUT2D eigenvalue weighted by Crippen LogP contribution is -2.48. The largest absolute Gasteiger partial charge is 0.497 e. The lowest BCUT2D eigenvalue weighted by atomic mass is 10.0. The van der Waals surface area contributed by atoms with Crippen molar-refractivity contribution in [3.63, 3.8) is 0 Å². The van der Waals surface area contributed by atoms with Crippen molar-refractivity contribution >= 4 is 33.3 Å². The third-order valence-corrected chi connectivity index (χ3v) is 8.76. The number of likely N-dealkylation sites (N-methyl/N-ethyl adjacent to an activating group) is 1. The van der Waals surface area contributed by atoms with Crippen LogP contribution >= 0.6 is 0 Å². The van der Waals surface area contributed by atoms with Gasteiger partial charge in [-0.25, -0.2) is 13.2 Å². The number of aliphatic hydroxyl groups is 1. The van der Waals surface area contributed by atoms with Crippen LogP contribution in [0.5, 0.6) is 11.5 Å². The zero-order valence-corrected chi connectivity index (χ0v) is 25.5. The molecule has 3 atom stereocenters. The number of aliphatic hydroxyl groups excluding tert-OH is 1. The van der Waals surface area contributed by atoms with E-state index in [0.717, 1.165) is 0 Å². The van der Waals surface area contributed by atoms with E-state index in [0.29, 0.717) is 29.3 Å². The van der Waals surface area contributed by atoms with Crippen molar-refractivity contribution in [1.29, 1.82) is 0 Å². The Kier molecular flexibility index (Phi) is 10.1. The standard InChI is InChI=1S/C31H38N4O7S/c1-21-18-35(22(2)20-36)30(37)17-23-16-25(33-43(39,40)27-8-6-5-7-9-27)12-15-28(23)42-29(21)19-34(3)31(38)32-24-10-13-26(41-4)14-11-24/h5-16,21-22,29,33,36H,17-20H2,1-4H3,(H,32,38)/t21-,22+,29+/m0/s1. The summed E-state index contributed by atoms with van der Waals surface area (Å²) in [5, 5.41) is 12.7. The quantitative estimate of drug-likeness (QED) is 0.335. The Hall–Kier alpha value is -4.29. The van der Waals surface area contributed by atoms with Gasteiger partial charge in [0.2, 0.25) is 5.91 Å². The molecule has 11 nitrogen and oxygen atoms in total. The number of nitrogens with one attached hydrogen (secondary N) is 2. The fraction of sp³-hybridized carbons (Fsp3) is 0.355. The summed E-state index contributed by atoms with van der Waals surface area (Å²) in [6, 6.07) is 19.0. The normalized spacial score (nSPS) is 17.8. The van der Waals surface area contributed by atoms with E-state index in [2.05, 4.69) is 10.0 Å². The molecule has 1 aliphatic heterocycles. The van der Waals surface area contributed by atoms with E-state index in [1.54, 1.807) is 86.6 Å². The summed E-state index contributed by atoms with van der Waals surface area (Å²) in [6.07, 6.45) is -0.593. The number of fused-ring (bicyclic) bond motifs is 1. The van der Waals surface area contributed by atoms with Crippen LogP contribution in [-0.2, 0) is 21.2 Å². The highest BCUT2D eigenvalue weighted by Gasteiger charge is 2.32. The van der Waals surface area contributed by atoms with Gasteiger partial charge in [-0.3, -0.25) is 9.52 Å². The van der Waals surface area contributed by atoms with E-state index in [9.17, 15) is 23.1 Å². The molecule has 3 N–H and O–H groups in total. The zero-order chi connectivity index (χ0) is 31.1. The fourth-order valence-corrected chi connectivity index (χ4v) is 5.84. The van der Waals surface area contributed by atoms with Crippen molar-refractivity contribution in [2.45, 2.75) is 37.3 Å². The lowest BCUT2D eigenvalue weighted by molar-refractivity contribution is -0.134. The average Bonchev–Trinajstić information content (AvgIpc) is 3.04. The summed E-state index contributed by atoms with van der Waals surface area (Å²) in [6.45, 7) is 3.95. The second kappa shape index (κ2) is 13.8. The zero-order valence-electron chi connectivity index (χ0n) is 24.7. The first-order valence-electron chi connectivity index (χ1n) is 13.9. The maximum atomic E-state index is 13.5. The molecule has 0 unspecified atom stereocenters. The number of carbonyl (C=O) groups excluding carboxylic acids is 2. The summed E-state index contributed by atoms with van der Waals surface area (Å²) < 4.78 is 40.1. The number of methoxy groups -OCH3 is 1. The van der Waals surface area contributed by atoms with Gasteiger partial charge in [-0.2, -0.15) is 0 Å². The van der Waals surface area contributed by atoms with Gasteiger partial charge in [0.15, 0.2) is 0 Å². The molecule has 1 heterocycles. The molecule has 1 aliphatic rings. The molecule has 3 amide bonds. The summed E-state index contributed by atoms with van der Waals surface area (Å²) in [4.78, 5) is 29.7. The number of anilines is 2. The van der Waals surface area contributed by atoms with Gasteiger partial charge < -0.3 is 29.7 Å². The SMILES string of the molecule is COc1ccc(NC(=O)N(C)C[C@H]2Oc3ccc(NS(=O)(=O)c4ccccc4)cc3CC(=O)N([C@H](C)CO)C[C@@H]2C)cc1. The monoisotopic (exact) mass is 610 g/mol. The molecule has 0 saturated carbocycles. The summed E-state index contributed by atoms with van der Waals surface area (Å²) >= 11 is 0. The second-order valence-electron chi connectivity index (χ2n) is 10.7. The van der Waals surface area contributed by atoms with Crippen molar-refractivity contribution in [2.75, 3.05) is 43.9 Å². The van der Waals surface area contributed by atoms with Crippen LogP contribution in [0.25, 0.3) is 0 Å². The smallest absolute Gasteiger partial charge is 0.321 e. The third kappa shape index (κ3) is 7.96. The molecule has 0 spiro atoms. The second-order valence-corrected chi connectivity index (χ2v) is 12.4. The van der Waals surface area contributed by atoms with Crippen molar-refractivity contribution < 1.29 is 32.6 Å². The number of hydrogen-bond donors (Lipinski definition) is 3. The molecule has 0 radical (unpaired) electrons. The van der Waals surface area contributed by atoms with Crippen LogP contribution in [0.15, 0.2) is 77.7 Å². The van der Waals surface area contributed by atoms with Gasteiger partial charge in [-0.1, -0.05) is 25.1 Å². The molecule has 3 aromatic rings. The topological polar surface area (TPSA) is 138 Å². The Balaban J connectivity index is 1.59. The van der Waals surface area contributed by atoms with Crippen LogP contribution in [0.4, 0.5) is 16.2 Å². The maximum absolute atomic E-state index is 13.5. The minimum absolute atomic E-state index is 0.0617. The molecular formula is C31H38N4O7S. The maximum Gasteiger partial charge on any atom is 0.321 e. The minimum Gasteiger partial charge on any atom is -0.497 e. The first-order chi connectivity index (χ1) is 20.5. The van der Waals surface area contributed by atoms with E-state index in [-0.39, 0.29) is 48.0 Å². The number of urea groups is 1. The lowest BCUT2D eigenvalue weighted by Gasteiger charge is -2.34. The number of hydrogen-bond acceptors (Lipinski definition) is 7. The van der Waals surface area contributed by atoms with Crippen LogP contribution in [-0.4, -0.2) is 81.3 Å². The van der Waals surface area contributed by atoms with E-state index in [4.69, 9.17) is 9.47 Å². The van der Waals surface area contributed by atoms with Crippen molar-refractivity contribution in [3.05, 3.63) is 78.4 Å². The number of ether oxygens (including phenoxy) is 2. The van der Waals surface area contributed by atoms with Crippen molar-refractivity contribution in [2.24, 2.45) is 5.92 Å². The van der Waals surface area contributed by atoms with Crippen molar-refractivity contribution in [3.8, 4) is 11.5 Å². The Morgan fingerprint density at radius 2 is 1.79 bits per heavy atom. The van der Waals surface area contributed by atoms with Crippen LogP contribution in [0.3, 0.4) is 0 Å². The van der Waals surface area contributed by atoms with Gasteiger partial charge in [0, 0.05) is 36.4 Å². The summed E-state index contributed by atoms with van der Waals surface area (Å²) in [7, 11) is -0.634. The number of rotatable bonds is 9. The van der Waals surface area contributed by atoms with E-state index >= 15 is 0 Å². The predicted octanol–water partition coefficient (Wildman–Crippen LogP) is 3.81. The number of nitrogens with zero attached hydrogens (tertiary/aromatic N) is 2. The van der Waals surface area contributed by atoms with E-state index in [1.165, 1.54) is 17.0 Å². The van der Waals surface area contributed by atoms with Crippen LogP contribution in [0, 0.1) is 5.92 Å². The molecule has 3 aromatic carbocycles. The number of sulfonamides is 1. The Morgan fingerprint density at radius 3 is 2.44 bits per heavy atom. The highest BCUT2D eigenvalue weighted by molar-refractivity contribution is 7.92. The van der Waals surface area contributed by atoms with Gasteiger partial charge in [0.05, 0.1) is 37.6 Å². The van der Waals surface area contributed by atoms with E-state index < -0.39 is 22.2 Å². The minimum atomic E-state index is -3.86. The van der Waals surface area contributed by atoms with Gasteiger partial charge >= 0.3 is 6.03 Å². The fourth-order valence-electron chi connectivity index (χ4n) is 4.77. The van der Waals surface area contributed by atoms with E-state index in [1.807, 2.05) is 6.92 Å². The van der Waals surface area contributed by atoms with Crippen LogP contribution in [0.2, 0.25) is 0 Å². The predicted molar refractivity (Wildman–Crippen MR) is 164 cm³/mol. The van der Waals surface area contributed by atoms with Gasteiger partial charge in [0.25, 0.3) is 10.0 Å². The molecular weight excluding hydrogens is 572 g/mol. The summed E-state index contributed by atoms with van der Waals surface area (Å²) in [5.41, 5.74) is 1.36. The molecule has 0 aliphatic carbocycles. The molecule has 43 heavy (non-hydrogen) atoms. The first-order valence-corrected chi connectivity index (χ1v) is 15.4. The summed E-state index contributed by atoms with van der Waals surface area (Å²) in [5.74, 6) is 0.629. The Bertz CT molecular complexity index is 1520. The number of amides is 3. The molecule has 0 bridgehead atoms. The first kappa shape index (κ1) is 31.6. The van der Waals surface area contributed by atoms with Crippen LogP contribution in [0.1, 0.15) is 19.4 Å². The molecule has 4 rings (SSSR count). The molecule has 0 saturated heterocycles. The molecule has 0 aromatic heterocycles. The number of benzene rings is 3. The van der Waals surface area contributed by atoms with Gasteiger partial charge in [-0.15, -0.1) is 0 Å². The Labute approximate surface area is 252 Å². The van der Waals surface area contributed by atoms with Gasteiger partial charge in [0.1, 0.15) is 17.6 Å². The highest BCUT2D eigenvalue weighted by Crippen LogP contribution is 2.30. The van der Waals surface area contributed by atoms with Crippen molar-refractivity contribution in [1.82, 2.24) is 9.80 Å². The molecule has 230 valence electrons. The average molecular weight is 611 g/mol. The van der Waals surface area contributed by atoms with Crippen LogP contribution < -0.4 is 19.5 Å². The number of carbonyl (C=O) groups is 2. The third-order valence-electron chi connectivity index (χ3n) is 7.36. The molecule has 12 heteroatoms.